The van der Waals surface area contributed by atoms with E-state index in [1.807, 2.05) is 56.4 Å². The van der Waals surface area contributed by atoms with Crippen LogP contribution in [0, 0.1) is 6.92 Å². The Hall–Kier alpha value is -3.02. The van der Waals surface area contributed by atoms with Crippen LogP contribution >= 0.6 is 0 Å². The van der Waals surface area contributed by atoms with Crippen molar-refractivity contribution in [1.82, 2.24) is 15.5 Å². The molecule has 124 valence electrons. The van der Waals surface area contributed by atoms with Crippen molar-refractivity contribution < 1.29 is 9.21 Å². The number of furan rings is 1. The first kappa shape index (κ1) is 15.9. The summed E-state index contributed by atoms with van der Waals surface area (Å²) in [6.07, 6.45) is 0. The van der Waals surface area contributed by atoms with Gasteiger partial charge in [0.2, 0.25) is 0 Å². The molecular weight excluding hydrogens is 304 g/mol. The molecule has 2 heterocycles. The number of carbonyl (C=O) groups excluding carboxylic acids is 1. The van der Waals surface area contributed by atoms with Crippen LogP contribution in [-0.2, 0) is 0 Å². The Morgan fingerprint density at radius 1 is 1.25 bits per heavy atom. The van der Waals surface area contributed by atoms with E-state index < -0.39 is 0 Å². The summed E-state index contributed by atoms with van der Waals surface area (Å²) < 4.78 is 5.51. The average Bonchev–Trinajstić information content (AvgIpc) is 3.24. The van der Waals surface area contributed by atoms with Gasteiger partial charge in [-0.1, -0.05) is 18.2 Å². The lowest BCUT2D eigenvalue weighted by atomic mass is 10.3. The van der Waals surface area contributed by atoms with Crippen molar-refractivity contribution in [2.45, 2.75) is 6.92 Å². The highest BCUT2D eigenvalue weighted by Gasteiger charge is 2.13. The molecule has 0 fully saturated rings. The minimum atomic E-state index is -0.206. The molecule has 6 nitrogen and oxygen atoms in total. The monoisotopic (exact) mass is 324 g/mol. The molecule has 6 heteroatoms. The van der Waals surface area contributed by atoms with Crippen molar-refractivity contribution in [2.75, 3.05) is 25.0 Å². The number of amides is 1. The fraction of sp³-hybridized carbons (Fsp3) is 0.222. The topological polar surface area (TPSA) is 74.2 Å². The number of anilines is 1. The summed E-state index contributed by atoms with van der Waals surface area (Å²) in [5.41, 5.74) is 2.15. The summed E-state index contributed by atoms with van der Waals surface area (Å²) in [5.74, 6) is 1.28. The van der Waals surface area contributed by atoms with E-state index in [1.54, 1.807) is 6.07 Å². The van der Waals surface area contributed by atoms with Gasteiger partial charge in [0.1, 0.15) is 11.5 Å². The highest BCUT2D eigenvalue weighted by atomic mass is 16.3. The molecular formula is C18H20N4O2. The maximum absolute atomic E-state index is 12.2. The molecule has 2 N–H and O–H groups in total. The molecule has 2 aromatic heterocycles. The molecule has 0 bridgehead atoms. The van der Waals surface area contributed by atoms with E-state index >= 15 is 0 Å². The summed E-state index contributed by atoms with van der Waals surface area (Å²) in [7, 11) is 1.99. The number of hydrogen-bond acceptors (Lipinski definition) is 4. The fourth-order valence-electron chi connectivity index (χ4n) is 2.38. The van der Waals surface area contributed by atoms with Crippen LogP contribution in [0.1, 0.15) is 16.2 Å². The molecule has 0 aliphatic carbocycles. The number of nitrogens with zero attached hydrogens (tertiary/aromatic N) is 2. The first-order valence-electron chi connectivity index (χ1n) is 7.80. The van der Waals surface area contributed by atoms with Crippen LogP contribution in [0.25, 0.3) is 11.5 Å². The van der Waals surface area contributed by atoms with Gasteiger partial charge in [0.15, 0.2) is 11.5 Å². The van der Waals surface area contributed by atoms with Crippen LogP contribution < -0.4 is 10.2 Å². The van der Waals surface area contributed by atoms with Gasteiger partial charge in [-0.05, 0) is 31.2 Å². The Morgan fingerprint density at radius 2 is 2.04 bits per heavy atom. The van der Waals surface area contributed by atoms with Gasteiger partial charge >= 0.3 is 0 Å². The zero-order valence-electron chi connectivity index (χ0n) is 13.7. The summed E-state index contributed by atoms with van der Waals surface area (Å²) in [4.78, 5) is 14.3. The van der Waals surface area contributed by atoms with Crippen molar-refractivity contribution >= 4 is 11.6 Å². The molecule has 0 spiro atoms. The third kappa shape index (κ3) is 3.65. The normalized spacial score (nSPS) is 10.6. The molecule has 1 amide bonds. The van der Waals surface area contributed by atoms with Gasteiger partial charge in [0, 0.05) is 31.9 Å². The van der Waals surface area contributed by atoms with E-state index in [2.05, 4.69) is 20.4 Å². The van der Waals surface area contributed by atoms with Crippen molar-refractivity contribution in [1.29, 1.82) is 0 Å². The molecule has 0 aliphatic heterocycles. The number of benzene rings is 1. The second-order valence-electron chi connectivity index (χ2n) is 5.59. The second-order valence-corrected chi connectivity index (χ2v) is 5.59. The Kier molecular flexibility index (Phi) is 4.65. The smallest absolute Gasteiger partial charge is 0.271 e. The lowest BCUT2D eigenvalue weighted by molar-refractivity contribution is 0.0949. The van der Waals surface area contributed by atoms with Crippen LogP contribution in [0.4, 0.5) is 5.69 Å². The van der Waals surface area contributed by atoms with E-state index in [9.17, 15) is 4.79 Å². The molecule has 0 saturated carbocycles. The minimum Gasteiger partial charge on any atom is -0.460 e. The molecule has 0 saturated heterocycles. The average molecular weight is 324 g/mol. The van der Waals surface area contributed by atoms with Crippen molar-refractivity contribution in [2.24, 2.45) is 0 Å². The quantitative estimate of drug-likeness (QED) is 0.731. The Balaban J connectivity index is 1.53. The fourth-order valence-corrected chi connectivity index (χ4v) is 2.38. The van der Waals surface area contributed by atoms with E-state index in [0.29, 0.717) is 30.2 Å². The van der Waals surface area contributed by atoms with E-state index in [4.69, 9.17) is 4.42 Å². The number of aromatic nitrogens is 2. The molecule has 0 radical (unpaired) electrons. The Morgan fingerprint density at radius 3 is 2.75 bits per heavy atom. The highest BCUT2D eigenvalue weighted by Crippen LogP contribution is 2.20. The molecule has 24 heavy (non-hydrogen) atoms. The van der Waals surface area contributed by atoms with Gasteiger partial charge in [0.05, 0.1) is 0 Å². The molecule has 3 aromatic rings. The van der Waals surface area contributed by atoms with Gasteiger partial charge in [-0.25, -0.2) is 0 Å². The standard InChI is InChI=1S/C18H20N4O2/c1-13-8-9-17(24-13)15-12-16(21-20-15)18(23)19-10-11-22(2)14-6-4-3-5-7-14/h3-9,12H,10-11H2,1-2H3,(H,19,23)(H,20,21). The first-order chi connectivity index (χ1) is 11.6. The number of nitrogens with one attached hydrogen (secondary N) is 2. The van der Waals surface area contributed by atoms with Gasteiger partial charge < -0.3 is 14.6 Å². The van der Waals surface area contributed by atoms with Crippen molar-refractivity contribution in [3.8, 4) is 11.5 Å². The molecule has 3 rings (SSSR count). The number of H-pyrrole nitrogens is 1. The maximum atomic E-state index is 12.2. The SMILES string of the molecule is Cc1ccc(-c2cc(C(=O)NCCN(C)c3ccccc3)n[nH]2)o1. The van der Waals surface area contributed by atoms with Gasteiger partial charge in [-0.15, -0.1) is 0 Å². The van der Waals surface area contributed by atoms with Crippen molar-refractivity contribution in [3.63, 3.8) is 0 Å². The first-order valence-corrected chi connectivity index (χ1v) is 7.80. The van der Waals surface area contributed by atoms with Gasteiger partial charge in [-0.2, -0.15) is 5.10 Å². The van der Waals surface area contributed by atoms with E-state index in [1.165, 1.54) is 0 Å². The van der Waals surface area contributed by atoms with Gasteiger partial charge in [0.25, 0.3) is 5.91 Å². The van der Waals surface area contributed by atoms with E-state index in [0.717, 1.165) is 11.4 Å². The zero-order valence-corrected chi connectivity index (χ0v) is 13.7. The highest BCUT2D eigenvalue weighted by molar-refractivity contribution is 5.93. The largest absolute Gasteiger partial charge is 0.460 e. The Bertz CT molecular complexity index is 807. The third-order valence-electron chi connectivity index (χ3n) is 3.75. The number of hydrogen-bond donors (Lipinski definition) is 2. The van der Waals surface area contributed by atoms with Crippen LogP contribution in [0.3, 0.4) is 0 Å². The molecule has 0 atom stereocenters. The number of aryl methyl sites for hydroxylation is 1. The number of carbonyl (C=O) groups is 1. The lowest BCUT2D eigenvalue weighted by Crippen LogP contribution is -2.33. The zero-order chi connectivity index (χ0) is 16.9. The second kappa shape index (κ2) is 7.04. The minimum absolute atomic E-state index is 0.206. The molecule has 0 unspecified atom stereocenters. The number of likely N-dealkylation sites (N-methyl/N-ethyl adjacent to an activating group) is 1. The predicted octanol–water partition coefficient (Wildman–Crippen LogP) is 2.84. The lowest BCUT2D eigenvalue weighted by Gasteiger charge is -2.19. The molecule has 0 aliphatic rings. The summed E-state index contributed by atoms with van der Waals surface area (Å²) in [6.45, 7) is 3.12. The number of aromatic amines is 1. The third-order valence-corrected chi connectivity index (χ3v) is 3.75. The molecule has 1 aromatic carbocycles. The van der Waals surface area contributed by atoms with Crippen LogP contribution in [-0.4, -0.2) is 36.2 Å². The van der Waals surface area contributed by atoms with E-state index in [-0.39, 0.29) is 5.91 Å². The predicted molar refractivity (Wildman–Crippen MR) is 93.1 cm³/mol. The van der Waals surface area contributed by atoms with Crippen LogP contribution in [0.15, 0.2) is 52.9 Å². The van der Waals surface area contributed by atoms with Gasteiger partial charge in [-0.3, -0.25) is 9.89 Å². The number of rotatable bonds is 6. The van der Waals surface area contributed by atoms with Crippen LogP contribution in [0.2, 0.25) is 0 Å². The van der Waals surface area contributed by atoms with Crippen molar-refractivity contribution in [3.05, 3.63) is 60.0 Å². The maximum Gasteiger partial charge on any atom is 0.271 e. The van der Waals surface area contributed by atoms with Crippen LogP contribution in [0.5, 0.6) is 0 Å². The Labute approximate surface area is 140 Å². The summed E-state index contributed by atoms with van der Waals surface area (Å²) in [5, 5.41) is 9.75. The summed E-state index contributed by atoms with van der Waals surface area (Å²) >= 11 is 0. The number of para-hydroxylation sites is 1. The summed E-state index contributed by atoms with van der Waals surface area (Å²) in [6, 6.07) is 15.4.